The highest BCUT2D eigenvalue weighted by Crippen LogP contribution is 2.68. The molecule has 0 saturated heterocycles. The maximum absolute atomic E-state index is 12.2. The van der Waals surface area contributed by atoms with Gasteiger partial charge in [0.15, 0.2) is 0 Å². The summed E-state index contributed by atoms with van der Waals surface area (Å²) in [5, 5.41) is 10.7. The van der Waals surface area contributed by atoms with E-state index in [9.17, 15) is 9.90 Å². The maximum Gasteiger partial charge on any atom is 0.135 e. The Morgan fingerprint density at radius 1 is 1.03 bits per heavy atom. The Morgan fingerprint density at radius 3 is 2.42 bits per heavy atom. The van der Waals surface area contributed by atoms with Gasteiger partial charge in [-0.25, -0.2) is 0 Å². The minimum atomic E-state index is -0.192. The van der Waals surface area contributed by atoms with Crippen LogP contribution in [0.2, 0.25) is 0 Å². The Morgan fingerprint density at radius 2 is 1.74 bits per heavy atom. The molecule has 0 aromatic heterocycles. The summed E-state index contributed by atoms with van der Waals surface area (Å²) in [5.41, 5.74) is 2.22. The predicted molar refractivity (Wildman–Crippen MR) is 129 cm³/mol. The van der Waals surface area contributed by atoms with Crippen LogP contribution in [0.15, 0.2) is 11.6 Å². The number of ketones is 1. The van der Waals surface area contributed by atoms with Gasteiger partial charge in [0.2, 0.25) is 0 Å². The molecule has 0 spiro atoms. The van der Waals surface area contributed by atoms with Crippen molar-refractivity contribution in [2.24, 2.45) is 51.8 Å². The van der Waals surface area contributed by atoms with Crippen molar-refractivity contribution in [1.82, 2.24) is 0 Å². The second kappa shape index (κ2) is 8.00. The lowest BCUT2D eigenvalue weighted by molar-refractivity contribution is -0.122. The number of hydrogen-bond acceptors (Lipinski definition) is 2. The molecule has 2 nitrogen and oxygen atoms in total. The van der Waals surface area contributed by atoms with Crippen LogP contribution in [0.5, 0.6) is 0 Å². The van der Waals surface area contributed by atoms with Crippen molar-refractivity contribution in [3.05, 3.63) is 11.6 Å². The maximum atomic E-state index is 12.2. The van der Waals surface area contributed by atoms with Crippen LogP contribution >= 0.6 is 0 Å². The van der Waals surface area contributed by atoms with Crippen LogP contribution in [-0.4, -0.2) is 17.0 Å². The number of allylic oxidation sites excluding steroid dienone is 1. The summed E-state index contributed by atoms with van der Waals surface area (Å²) < 4.78 is 0. The number of rotatable bonds is 5. The molecular weight excluding hydrogens is 380 g/mol. The van der Waals surface area contributed by atoms with Crippen molar-refractivity contribution in [2.45, 2.75) is 112 Å². The van der Waals surface area contributed by atoms with Crippen molar-refractivity contribution in [3.63, 3.8) is 0 Å². The largest absolute Gasteiger partial charge is 0.392 e. The molecule has 0 aromatic carbocycles. The molecule has 8 atom stereocenters. The van der Waals surface area contributed by atoms with E-state index < -0.39 is 0 Å². The molecule has 0 heterocycles. The number of hydrogen-bond donors (Lipinski definition) is 1. The molecule has 176 valence electrons. The van der Waals surface area contributed by atoms with Gasteiger partial charge in [-0.05, 0) is 91.8 Å². The van der Waals surface area contributed by atoms with Gasteiger partial charge in [0.1, 0.15) is 5.78 Å². The van der Waals surface area contributed by atoms with Crippen LogP contribution in [0.25, 0.3) is 0 Å². The van der Waals surface area contributed by atoms with E-state index in [0.29, 0.717) is 17.1 Å². The molecule has 1 N–H and O–H groups in total. The molecule has 3 fully saturated rings. The normalized spacial score (nSPS) is 44.8. The fourth-order valence-electron chi connectivity index (χ4n) is 9.23. The second-order valence-corrected chi connectivity index (χ2v) is 13.3. The van der Waals surface area contributed by atoms with Crippen LogP contribution in [0.3, 0.4) is 0 Å². The first kappa shape index (κ1) is 23.5. The van der Waals surface area contributed by atoms with Crippen LogP contribution in [0, 0.1) is 51.8 Å². The topological polar surface area (TPSA) is 37.3 Å². The highest BCUT2D eigenvalue weighted by atomic mass is 16.3. The summed E-state index contributed by atoms with van der Waals surface area (Å²) in [4.78, 5) is 12.2. The lowest BCUT2D eigenvalue weighted by Gasteiger charge is -2.61. The SMILES string of the molecule is CC(C)C(=O)CCC(C)[C@H]1CC[C@H]2[C@@H]3CC=C4C(C)(C)[C@H](O)CC[C@]4(C)[C@H]3CC[C@]12C. The predicted octanol–water partition coefficient (Wildman–Crippen LogP) is 7.20. The molecule has 4 aliphatic carbocycles. The molecule has 1 unspecified atom stereocenters. The average Bonchev–Trinajstić information content (AvgIpc) is 3.06. The first-order valence-corrected chi connectivity index (χ1v) is 13.3. The number of carbonyl (C=O) groups excluding carboxylic acids is 1. The molecule has 0 aliphatic heterocycles. The summed E-state index contributed by atoms with van der Waals surface area (Å²) in [5.74, 6) is 4.49. The van der Waals surface area contributed by atoms with Gasteiger partial charge >= 0.3 is 0 Å². The van der Waals surface area contributed by atoms with Crippen molar-refractivity contribution < 1.29 is 9.90 Å². The lowest BCUT2D eigenvalue weighted by atomic mass is 9.44. The Labute approximate surface area is 191 Å². The first-order valence-electron chi connectivity index (χ1n) is 13.3. The Kier molecular flexibility index (Phi) is 6.07. The Balaban J connectivity index is 1.54. The quantitative estimate of drug-likeness (QED) is 0.470. The molecule has 0 aromatic rings. The van der Waals surface area contributed by atoms with Gasteiger partial charge in [0.25, 0.3) is 0 Å². The summed E-state index contributed by atoms with van der Waals surface area (Å²) in [6.07, 6.45) is 13.0. The summed E-state index contributed by atoms with van der Waals surface area (Å²) >= 11 is 0. The molecular formula is C29H48O2. The smallest absolute Gasteiger partial charge is 0.135 e. The highest BCUT2D eigenvalue weighted by Gasteiger charge is 2.61. The zero-order valence-corrected chi connectivity index (χ0v) is 21.3. The molecule has 3 saturated carbocycles. The van der Waals surface area contributed by atoms with Gasteiger partial charge in [-0.2, -0.15) is 0 Å². The van der Waals surface area contributed by atoms with E-state index in [2.05, 4.69) is 40.7 Å². The monoisotopic (exact) mass is 428 g/mol. The number of fused-ring (bicyclic) bond motifs is 5. The van der Waals surface area contributed by atoms with E-state index in [-0.39, 0.29) is 22.9 Å². The van der Waals surface area contributed by atoms with Crippen LogP contribution in [-0.2, 0) is 4.79 Å². The van der Waals surface area contributed by atoms with E-state index in [1.807, 2.05) is 13.8 Å². The standard InChI is InChI=1S/C29H48O2/c1-18(2)24(30)12-8-19(3)21-10-11-22-20-9-13-25-27(4,5)26(31)15-17-29(25,7)23(20)14-16-28(21,22)6/h13,18-23,26,31H,8-12,14-17H2,1-7H3/t19?,20-,21+,22-,23-,26+,28+,29+/m0/s1. The van der Waals surface area contributed by atoms with E-state index in [1.165, 1.54) is 32.1 Å². The third-order valence-corrected chi connectivity index (χ3v) is 11.2. The van der Waals surface area contributed by atoms with E-state index >= 15 is 0 Å². The number of carbonyl (C=O) groups is 1. The Bertz CT molecular complexity index is 733. The summed E-state index contributed by atoms with van der Waals surface area (Å²) in [6, 6.07) is 0. The van der Waals surface area contributed by atoms with Crippen LogP contribution < -0.4 is 0 Å². The third kappa shape index (κ3) is 3.58. The zero-order chi connectivity index (χ0) is 22.8. The van der Waals surface area contributed by atoms with Crippen molar-refractivity contribution >= 4 is 5.78 Å². The van der Waals surface area contributed by atoms with Crippen molar-refractivity contribution in [1.29, 1.82) is 0 Å². The van der Waals surface area contributed by atoms with Crippen LogP contribution in [0.1, 0.15) is 106 Å². The van der Waals surface area contributed by atoms with Crippen LogP contribution in [0.4, 0.5) is 0 Å². The molecule has 0 amide bonds. The van der Waals surface area contributed by atoms with Gasteiger partial charge < -0.3 is 5.11 Å². The fourth-order valence-corrected chi connectivity index (χ4v) is 9.23. The highest BCUT2D eigenvalue weighted by molar-refractivity contribution is 5.80. The molecule has 2 heteroatoms. The van der Waals surface area contributed by atoms with Gasteiger partial charge in [0.05, 0.1) is 6.10 Å². The van der Waals surface area contributed by atoms with E-state index in [1.54, 1.807) is 5.57 Å². The zero-order valence-electron chi connectivity index (χ0n) is 21.3. The summed E-state index contributed by atoms with van der Waals surface area (Å²) in [6.45, 7) is 16.2. The minimum absolute atomic E-state index is 0.0750. The van der Waals surface area contributed by atoms with Crippen molar-refractivity contribution in [2.75, 3.05) is 0 Å². The first-order chi connectivity index (χ1) is 14.4. The molecule has 4 rings (SSSR count). The second-order valence-electron chi connectivity index (χ2n) is 13.3. The fraction of sp³-hybridized carbons (Fsp3) is 0.897. The molecule has 0 radical (unpaired) electrons. The minimum Gasteiger partial charge on any atom is -0.392 e. The molecule has 0 bridgehead atoms. The van der Waals surface area contributed by atoms with Gasteiger partial charge in [0, 0.05) is 17.8 Å². The van der Waals surface area contributed by atoms with Gasteiger partial charge in [-0.3, -0.25) is 4.79 Å². The van der Waals surface area contributed by atoms with Gasteiger partial charge in [-0.1, -0.05) is 60.1 Å². The van der Waals surface area contributed by atoms with E-state index in [0.717, 1.165) is 49.4 Å². The van der Waals surface area contributed by atoms with E-state index in [4.69, 9.17) is 0 Å². The number of aliphatic hydroxyl groups is 1. The summed E-state index contributed by atoms with van der Waals surface area (Å²) in [7, 11) is 0. The third-order valence-electron chi connectivity index (χ3n) is 11.2. The lowest BCUT2D eigenvalue weighted by Crippen LogP contribution is -2.54. The van der Waals surface area contributed by atoms with Crippen molar-refractivity contribution in [3.8, 4) is 0 Å². The number of Topliss-reactive ketones (excluding diaryl/α,β-unsaturated/α-hetero) is 1. The number of aliphatic hydroxyl groups excluding tert-OH is 1. The molecule has 31 heavy (non-hydrogen) atoms. The Hall–Kier alpha value is -0.630. The molecule has 4 aliphatic rings. The van der Waals surface area contributed by atoms with Gasteiger partial charge in [-0.15, -0.1) is 0 Å². The average molecular weight is 429 g/mol.